The summed E-state index contributed by atoms with van der Waals surface area (Å²) in [6.07, 6.45) is 7.17. The minimum absolute atomic E-state index is 0.0645. The highest BCUT2D eigenvalue weighted by molar-refractivity contribution is 5.79. The molecule has 134 valence electrons. The van der Waals surface area contributed by atoms with E-state index in [4.69, 9.17) is 9.47 Å². The number of rotatable bonds is 4. The number of halogens is 1. The summed E-state index contributed by atoms with van der Waals surface area (Å²) in [5.41, 5.74) is 2.27. The molecule has 1 unspecified atom stereocenters. The normalized spacial score (nSPS) is 24.9. The third kappa shape index (κ3) is 3.93. The molecule has 5 heteroatoms. The number of carbonyl (C=O) groups is 1. The van der Waals surface area contributed by atoms with Crippen molar-refractivity contribution in [3.63, 3.8) is 0 Å². The SMILES string of the molecule is O=C(Cc1ccc(F)cc1)N1CC2(CCC1CC1=CC1)OCCCO2. The van der Waals surface area contributed by atoms with E-state index in [0.717, 1.165) is 37.7 Å². The van der Waals surface area contributed by atoms with Gasteiger partial charge in [-0.3, -0.25) is 4.79 Å². The average molecular weight is 345 g/mol. The molecular weight excluding hydrogens is 321 g/mol. The lowest BCUT2D eigenvalue weighted by Gasteiger charge is -2.47. The predicted octanol–water partition coefficient (Wildman–Crippen LogP) is 3.21. The lowest BCUT2D eigenvalue weighted by Crippen LogP contribution is -2.58. The first kappa shape index (κ1) is 16.7. The van der Waals surface area contributed by atoms with E-state index in [1.165, 1.54) is 17.7 Å². The van der Waals surface area contributed by atoms with Crippen molar-refractivity contribution in [3.05, 3.63) is 47.3 Å². The summed E-state index contributed by atoms with van der Waals surface area (Å²) in [6.45, 7) is 1.87. The van der Waals surface area contributed by atoms with Gasteiger partial charge in [0.2, 0.25) is 5.91 Å². The largest absolute Gasteiger partial charge is 0.348 e. The van der Waals surface area contributed by atoms with Crippen LogP contribution in [0, 0.1) is 5.82 Å². The van der Waals surface area contributed by atoms with E-state index in [0.29, 0.717) is 19.8 Å². The van der Waals surface area contributed by atoms with Crippen molar-refractivity contribution in [2.45, 2.75) is 50.4 Å². The Labute approximate surface area is 147 Å². The van der Waals surface area contributed by atoms with Crippen LogP contribution in [0.3, 0.4) is 0 Å². The maximum absolute atomic E-state index is 13.1. The van der Waals surface area contributed by atoms with E-state index in [9.17, 15) is 9.18 Å². The second-order valence-electron chi connectivity index (χ2n) is 7.25. The van der Waals surface area contributed by atoms with Crippen LogP contribution >= 0.6 is 0 Å². The van der Waals surface area contributed by atoms with Gasteiger partial charge in [0.1, 0.15) is 5.82 Å². The van der Waals surface area contributed by atoms with Gasteiger partial charge < -0.3 is 14.4 Å². The Hall–Kier alpha value is -1.72. The Morgan fingerprint density at radius 2 is 1.96 bits per heavy atom. The Kier molecular flexibility index (Phi) is 4.61. The zero-order valence-electron chi connectivity index (χ0n) is 14.4. The van der Waals surface area contributed by atoms with E-state index in [2.05, 4.69) is 6.08 Å². The summed E-state index contributed by atoms with van der Waals surface area (Å²) >= 11 is 0. The van der Waals surface area contributed by atoms with Crippen LogP contribution in [0.1, 0.15) is 37.7 Å². The molecule has 1 aliphatic carbocycles. The summed E-state index contributed by atoms with van der Waals surface area (Å²) < 4.78 is 25.0. The molecule has 25 heavy (non-hydrogen) atoms. The van der Waals surface area contributed by atoms with Crippen LogP contribution in [-0.4, -0.2) is 42.4 Å². The van der Waals surface area contributed by atoms with Crippen LogP contribution in [0.25, 0.3) is 0 Å². The van der Waals surface area contributed by atoms with Crippen molar-refractivity contribution in [2.75, 3.05) is 19.8 Å². The minimum Gasteiger partial charge on any atom is -0.348 e. The van der Waals surface area contributed by atoms with Crippen LogP contribution in [0.2, 0.25) is 0 Å². The molecule has 1 amide bonds. The number of piperidine rings is 1. The van der Waals surface area contributed by atoms with Gasteiger partial charge in [0.05, 0.1) is 26.2 Å². The first-order valence-electron chi connectivity index (χ1n) is 9.13. The molecule has 1 atom stereocenters. The van der Waals surface area contributed by atoms with E-state index in [1.54, 1.807) is 12.1 Å². The molecule has 0 N–H and O–H groups in total. The van der Waals surface area contributed by atoms with Crippen LogP contribution in [-0.2, 0) is 20.7 Å². The molecular formula is C20H24FNO3. The Bertz CT molecular complexity index is 664. The second-order valence-corrected chi connectivity index (χ2v) is 7.25. The van der Waals surface area contributed by atoms with Crippen LogP contribution in [0.15, 0.2) is 35.9 Å². The lowest BCUT2D eigenvalue weighted by molar-refractivity contribution is -0.288. The molecule has 4 nitrogen and oxygen atoms in total. The van der Waals surface area contributed by atoms with Crippen LogP contribution in [0.5, 0.6) is 0 Å². The van der Waals surface area contributed by atoms with E-state index in [-0.39, 0.29) is 24.2 Å². The number of ether oxygens (including phenoxy) is 2. The summed E-state index contributed by atoms with van der Waals surface area (Å²) in [7, 11) is 0. The van der Waals surface area contributed by atoms with Crippen molar-refractivity contribution >= 4 is 5.91 Å². The highest BCUT2D eigenvalue weighted by Crippen LogP contribution is 2.37. The molecule has 1 spiro atoms. The number of allylic oxidation sites excluding steroid dienone is 1. The Morgan fingerprint density at radius 3 is 2.64 bits per heavy atom. The molecule has 1 aromatic carbocycles. The van der Waals surface area contributed by atoms with Gasteiger partial charge in [-0.15, -0.1) is 0 Å². The maximum Gasteiger partial charge on any atom is 0.227 e. The van der Waals surface area contributed by atoms with Gasteiger partial charge >= 0.3 is 0 Å². The molecule has 0 bridgehead atoms. The van der Waals surface area contributed by atoms with Gasteiger partial charge in [-0.1, -0.05) is 23.8 Å². The number of hydrogen-bond donors (Lipinski definition) is 0. The lowest BCUT2D eigenvalue weighted by atomic mass is 9.92. The highest BCUT2D eigenvalue weighted by atomic mass is 19.1. The van der Waals surface area contributed by atoms with Crippen LogP contribution in [0.4, 0.5) is 4.39 Å². The molecule has 0 aromatic heterocycles. The molecule has 1 aromatic rings. The fourth-order valence-corrected chi connectivity index (χ4v) is 3.79. The fraction of sp³-hybridized carbons (Fsp3) is 0.550. The third-order valence-corrected chi connectivity index (χ3v) is 5.31. The van der Waals surface area contributed by atoms with Crippen molar-refractivity contribution in [1.82, 2.24) is 4.90 Å². The molecule has 2 aliphatic heterocycles. The minimum atomic E-state index is -0.634. The van der Waals surface area contributed by atoms with Gasteiger partial charge in [0.25, 0.3) is 0 Å². The smallest absolute Gasteiger partial charge is 0.227 e. The van der Waals surface area contributed by atoms with E-state index in [1.807, 2.05) is 4.90 Å². The molecule has 0 saturated carbocycles. The van der Waals surface area contributed by atoms with Crippen molar-refractivity contribution < 1.29 is 18.7 Å². The highest BCUT2D eigenvalue weighted by Gasteiger charge is 2.44. The Morgan fingerprint density at radius 1 is 1.24 bits per heavy atom. The quantitative estimate of drug-likeness (QED) is 0.787. The number of nitrogens with zero attached hydrogens (tertiary/aromatic N) is 1. The fourth-order valence-electron chi connectivity index (χ4n) is 3.79. The Balaban J connectivity index is 1.49. The zero-order valence-corrected chi connectivity index (χ0v) is 14.4. The van der Waals surface area contributed by atoms with Gasteiger partial charge in [0.15, 0.2) is 5.79 Å². The topological polar surface area (TPSA) is 38.8 Å². The number of amides is 1. The van der Waals surface area contributed by atoms with Gasteiger partial charge in [-0.2, -0.15) is 0 Å². The third-order valence-electron chi connectivity index (χ3n) is 5.31. The van der Waals surface area contributed by atoms with Crippen LogP contribution < -0.4 is 0 Å². The van der Waals surface area contributed by atoms with Crippen molar-refractivity contribution in [2.24, 2.45) is 0 Å². The van der Waals surface area contributed by atoms with Gasteiger partial charge in [-0.05, 0) is 43.4 Å². The van der Waals surface area contributed by atoms with Gasteiger partial charge in [-0.25, -0.2) is 4.39 Å². The van der Waals surface area contributed by atoms with Gasteiger partial charge in [0, 0.05) is 12.5 Å². The van der Waals surface area contributed by atoms with E-state index >= 15 is 0 Å². The number of carbonyl (C=O) groups excluding carboxylic acids is 1. The summed E-state index contributed by atoms with van der Waals surface area (Å²) in [4.78, 5) is 14.9. The first-order valence-corrected chi connectivity index (χ1v) is 9.13. The van der Waals surface area contributed by atoms with Crippen molar-refractivity contribution in [3.8, 4) is 0 Å². The number of likely N-dealkylation sites (tertiary alicyclic amines) is 1. The second kappa shape index (κ2) is 6.89. The summed E-state index contributed by atoms with van der Waals surface area (Å²) in [5, 5.41) is 0. The average Bonchev–Trinajstić information content (AvgIpc) is 3.44. The standard InChI is InChI=1S/C20H24FNO3/c21-17-6-4-16(5-7-17)13-19(23)22-14-20(24-10-1-11-25-20)9-8-18(22)12-15-2-3-15/h2,4-7,18H,1,3,8-14H2. The number of hydrogen-bond acceptors (Lipinski definition) is 3. The molecule has 2 saturated heterocycles. The molecule has 2 heterocycles. The first-order chi connectivity index (χ1) is 12.1. The van der Waals surface area contributed by atoms with Crippen molar-refractivity contribution in [1.29, 1.82) is 0 Å². The predicted molar refractivity (Wildman–Crippen MR) is 91.4 cm³/mol. The summed E-state index contributed by atoms with van der Waals surface area (Å²) in [6, 6.07) is 6.37. The molecule has 4 rings (SSSR count). The zero-order chi connectivity index (χ0) is 17.3. The molecule has 3 aliphatic rings. The molecule has 2 fully saturated rings. The molecule has 0 radical (unpaired) electrons. The summed E-state index contributed by atoms with van der Waals surface area (Å²) in [5.74, 6) is -0.851. The maximum atomic E-state index is 13.1. The monoisotopic (exact) mass is 345 g/mol. The number of benzene rings is 1. The van der Waals surface area contributed by atoms with E-state index < -0.39 is 5.79 Å².